The minimum Gasteiger partial charge on any atom is -0.494 e. The lowest BCUT2D eigenvalue weighted by molar-refractivity contribution is -0.121. The first kappa shape index (κ1) is 16.5. The summed E-state index contributed by atoms with van der Waals surface area (Å²) in [6.07, 6.45) is 0.811. The van der Waals surface area contributed by atoms with Crippen LogP contribution in [0.15, 0.2) is 46.9 Å². The second kappa shape index (κ2) is 7.94. The van der Waals surface area contributed by atoms with Crippen LogP contribution in [0.5, 0.6) is 5.75 Å². The monoisotopic (exact) mass is 365 g/mol. The number of methoxy groups -OCH3 is 1. The second-order valence-electron chi connectivity index (χ2n) is 4.88. The van der Waals surface area contributed by atoms with Crippen molar-refractivity contribution in [1.82, 2.24) is 5.32 Å². The summed E-state index contributed by atoms with van der Waals surface area (Å²) in [6, 6.07) is 12.5. The first-order valence-electron chi connectivity index (χ1n) is 6.92. The Balaban J connectivity index is 1.81. The molecule has 0 bridgehead atoms. The molecule has 0 fully saturated rings. The molecular weight excluding hydrogens is 349 g/mol. The van der Waals surface area contributed by atoms with Crippen LogP contribution >= 0.6 is 15.9 Å². The van der Waals surface area contributed by atoms with Gasteiger partial charge in [0.05, 0.1) is 7.11 Å². The Morgan fingerprint density at radius 2 is 2.05 bits per heavy atom. The Morgan fingerprint density at radius 3 is 2.73 bits per heavy atom. The van der Waals surface area contributed by atoms with Gasteiger partial charge < -0.3 is 10.1 Å². The molecule has 0 aromatic heterocycles. The zero-order valence-electron chi connectivity index (χ0n) is 12.2. The van der Waals surface area contributed by atoms with E-state index in [2.05, 4.69) is 21.2 Å². The number of benzene rings is 2. The van der Waals surface area contributed by atoms with Crippen molar-refractivity contribution in [2.75, 3.05) is 7.11 Å². The molecule has 116 valence electrons. The molecule has 0 aliphatic heterocycles. The van der Waals surface area contributed by atoms with E-state index >= 15 is 0 Å². The average Bonchev–Trinajstić information content (AvgIpc) is 2.51. The van der Waals surface area contributed by atoms with Gasteiger partial charge in [-0.3, -0.25) is 4.79 Å². The van der Waals surface area contributed by atoms with Crippen LogP contribution in [-0.2, 0) is 17.8 Å². The molecule has 22 heavy (non-hydrogen) atoms. The Kier molecular flexibility index (Phi) is 5.95. The molecule has 1 amide bonds. The number of ether oxygens (including phenoxy) is 1. The van der Waals surface area contributed by atoms with Crippen LogP contribution in [0.3, 0.4) is 0 Å². The van der Waals surface area contributed by atoms with E-state index in [0.29, 0.717) is 19.4 Å². The summed E-state index contributed by atoms with van der Waals surface area (Å²) in [5.74, 6) is -0.256. The predicted octanol–water partition coefficient (Wildman–Crippen LogP) is 3.85. The number of aryl methyl sites for hydroxylation is 1. The number of carbonyl (C=O) groups excluding carboxylic acids is 1. The highest BCUT2D eigenvalue weighted by Crippen LogP contribution is 2.18. The van der Waals surface area contributed by atoms with Crippen molar-refractivity contribution < 1.29 is 13.9 Å². The fourth-order valence-electron chi connectivity index (χ4n) is 2.06. The van der Waals surface area contributed by atoms with Crippen molar-refractivity contribution in [2.45, 2.75) is 19.4 Å². The minimum atomic E-state index is -0.408. The summed E-state index contributed by atoms with van der Waals surface area (Å²) in [6.45, 7) is 0.481. The average molecular weight is 366 g/mol. The van der Waals surface area contributed by atoms with Gasteiger partial charge in [-0.15, -0.1) is 0 Å². The van der Waals surface area contributed by atoms with Crippen molar-refractivity contribution in [1.29, 1.82) is 0 Å². The van der Waals surface area contributed by atoms with Crippen LogP contribution in [0, 0.1) is 5.82 Å². The van der Waals surface area contributed by atoms with Crippen LogP contribution < -0.4 is 10.1 Å². The van der Waals surface area contributed by atoms with Crippen LogP contribution in [0.1, 0.15) is 17.5 Å². The Morgan fingerprint density at radius 1 is 1.23 bits per heavy atom. The van der Waals surface area contributed by atoms with Crippen LogP contribution in [0.25, 0.3) is 0 Å². The second-order valence-corrected chi connectivity index (χ2v) is 5.79. The molecule has 5 heteroatoms. The van der Waals surface area contributed by atoms with Gasteiger partial charge in [-0.25, -0.2) is 4.39 Å². The highest BCUT2D eigenvalue weighted by atomic mass is 79.9. The highest BCUT2D eigenvalue weighted by Gasteiger charge is 2.06. The van der Waals surface area contributed by atoms with Crippen molar-refractivity contribution in [3.05, 3.63) is 63.9 Å². The lowest BCUT2D eigenvalue weighted by atomic mass is 10.1. The maximum atomic E-state index is 13.6. The zero-order valence-corrected chi connectivity index (χ0v) is 13.8. The molecule has 0 unspecified atom stereocenters. The van der Waals surface area contributed by atoms with E-state index in [9.17, 15) is 9.18 Å². The summed E-state index contributed by atoms with van der Waals surface area (Å²) >= 11 is 3.39. The van der Waals surface area contributed by atoms with Gasteiger partial charge in [-0.05, 0) is 41.8 Å². The van der Waals surface area contributed by atoms with E-state index in [4.69, 9.17) is 4.74 Å². The van der Waals surface area contributed by atoms with E-state index in [1.165, 1.54) is 13.2 Å². The lowest BCUT2D eigenvalue weighted by Crippen LogP contribution is -2.23. The largest absolute Gasteiger partial charge is 0.494 e. The van der Waals surface area contributed by atoms with E-state index in [0.717, 1.165) is 15.6 Å². The quantitative estimate of drug-likeness (QED) is 0.844. The number of carbonyl (C=O) groups is 1. The molecule has 1 N–H and O–H groups in total. The molecule has 0 heterocycles. The summed E-state index contributed by atoms with van der Waals surface area (Å²) in [7, 11) is 1.42. The summed E-state index contributed by atoms with van der Waals surface area (Å²) in [5.41, 5.74) is 1.80. The molecule has 2 aromatic rings. The van der Waals surface area contributed by atoms with Crippen molar-refractivity contribution in [3.8, 4) is 5.75 Å². The van der Waals surface area contributed by atoms with Crippen LogP contribution in [0.4, 0.5) is 4.39 Å². The third-order valence-corrected chi connectivity index (χ3v) is 3.73. The molecule has 0 spiro atoms. The molecular formula is C17H17BrFNO2. The van der Waals surface area contributed by atoms with Gasteiger partial charge in [-0.2, -0.15) is 0 Å². The highest BCUT2D eigenvalue weighted by molar-refractivity contribution is 9.10. The molecule has 0 radical (unpaired) electrons. The number of nitrogens with one attached hydrogen (secondary N) is 1. The minimum absolute atomic E-state index is 0.0591. The maximum Gasteiger partial charge on any atom is 0.220 e. The molecule has 0 saturated carbocycles. The molecule has 0 aliphatic carbocycles. The SMILES string of the molecule is COc1ccc(CCC(=O)NCc2cccc(Br)c2)cc1F. The number of halogens is 2. The molecule has 2 rings (SSSR count). The third kappa shape index (κ3) is 4.84. The molecule has 2 aromatic carbocycles. The van der Waals surface area contributed by atoms with E-state index in [1.54, 1.807) is 12.1 Å². The molecule has 0 atom stereocenters. The Labute approximate surface area is 137 Å². The molecule has 0 aliphatic rings. The van der Waals surface area contributed by atoms with Crippen LogP contribution in [0.2, 0.25) is 0 Å². The number of amides is 1. The summed E-state index contributed by atoms with van der Waals surface area (Å²) in [4.78, 5) is 11.8. The summed E-state index contributed by atoms with van der Waals surface area (Å²) < 4.78 is 19.4. The normalized spacial score (nSPS) is 10.3. The number of hydrogen-bond acceptors (Lipinski definition) is 2. The van der Waals surface area contributed by atoms with E-state index in [-0.39, 0.29) is 11.7 Å². The van der Waals surface area contributed by atoms with Gasteiger partial charge in [0.1, 0.15) is 0 Å². The smallest absolute Gasteiger partial charge is 0.220 e. The number of rotatable bonds is 6. The van der Waals surface area contributed by atoms with Crippen molar-refractivity contribution in [2.24, 2.45) is 0 Å². The topological polar surface area (TPSA) is 38.3 Å². The number of hydrogen-bond donors (Lipinski definition) is 1. The molecule has 3 nitrogen and oxygen atoms in total. The first-order chi connectivity index (χ1) is 10.6. The predicted molar refractivity (Wildman–Crippen MR) is 87.3 cm³/mol. The fourth-order valence-corrected chi connectivity index (χ4v) is 2.51. The summed E-state index contributed by atoms with van der Waals surface area (Å²) in [5, 5.41) is 2.86. The Bertz CT molecular complexity index is 661. The van der Waals surface area contributed by atoms with E-state index < -0.39 is 5.82 Å². The molecule has 0 saturated heterocycles. The maximum absolute atomic E-state index is 13.6. The van der Waals surface area contributed by atoms with Crippen LogP contribution in [-0.4, -0.2) is 13.0 Å². The van der Waals surface area contributed by atoms with Gasteiger partial charge in [-0.1, -0.05) is 34.1 Å². The van der Waals surface area contributed by atoms with Crippen molar-refractivity contribution >= 4 is 21.8 Å². The van der Waals surface area contributed by atoms with Crippen molar-refractivity contribution in [3.63, 3.8) is 0 Å². The standard InChI is InChI=1S/C17H17BrFNO2/c1-22-16-7-5-12(10-15(16)19)6-8-17(21)20-11-13-3-2-4-14(18)9-13/h2-5,7,9-10H,6,8,11H2,1H3,(H,20,21). The third-order valence-electron chi connectivity index (χ3n) is 3.24. The zero-order chi connectivity index (χ0) is 15.9. The van der Waals surface area contributed by atoms with E-state index in [1.807, 2.05) is 24.3 Å². The Hall–Kier alpha value is -1.88. The van der Waals surface area contributed by atoms with Gasteiger partial charge in [0.25, 0.3) is 0 Å². The van der Waals surface area contributed by atoms with Gasteiger partial charge in [0, 0.05) is 17.4 Å². The van der Waals surface area contributed by atoms with Gasteiger partial charge in [0.2, 0.25) is 5.91 Å². The van der Waals surface area contributed by atoms with Gasteiger partial charge in [0.15, 0.2) is 11.6 Å². The first-order valence-corrected chi connectivity index (χ1v) is 7.71. The lowest BCUT2D eigenvalue weighted by Gasteiger charge is -2.07. The fraction of sp³-hybridized carbons (Fsp3) is 0.235. The van der Waals surface area contributed by atoms with Gasteiger partial charge >= 0.3 is 0 Å².